The van der Waals surface area contributed by atoms with Crippen molar-refractivity contribution < 1.29 is 24.0 Å². The van der Waals surface area contributed by atoms with Crippen LogP contribution in [-0.2, 0) is 14.3 Å². The monoisotopic (exact) mass is 329 g/mol. The Morgan fingerprint density at radius 1 is 1.41 bits per heavy atom. The van der Waals surface area contributed by atoms with Gasteiger partial charge in [0, 0.05) is 12.1 Å². The Morgan fingerprint density at radius 2 is 2.09 bits per heavy atom. The zero-order chi connectivity index (χ0) is 16.7. The van der Waals surface area contributed by atoms with Gasteiger partial charge in [0.1, 0.15) is 0 Å². The summed E-state index contributed by atoms with van der Waals surface area (Å²) in [6, 6.07) is 3.35. The van der Waals surface area contributed by atoms with Crippen molar-refractivity contribution in [1.29, 1.82) is 0 Å². The van der Waals surface area contributed by atoms with Gasteiger partial charge in [0.05, 0.1) is 22.1 Å². The van der Waals surface area contributed by atoms with Crippen molar-refractivity contribution in [3.05, 3.63) is 38.9 Å². The van der Waals surface area contributed by atoms with E-state index in [-0.39, 0.29) is 22.9 Å². The minimum absolute atomic E-state index is 0.0551. The fourth-order valence-electron chi connectivity index (χ4n) is 1.49. The summed E-state index contributed by atoms with van der Waals surface area (Å²) in [6.07, 6.45) is 0.510. The number of ether oxygens (including phenoxy) is 2. The summed E-state index contributed by atoms with van der Waals surface area (Å²) < 4.78 is 9.87. The van der Waals surface area contributed by atoms with E-state index in [1.807, 2.05) is 6.92 Å². The first-order valence-electron chi connectivity index (χ1n) is 6.68. The summed E-state index contributed by atoms with van der Waals surface area (Å²) in [5, 5.41) is 10.5. The number of non-ortho nitro benzene ring substituents is 1. The van der Waals surface area contributed by atoms with Gasteiger partial charge in [-0.2, -0.15) is 0 Å². The van der Waals surface area contributed by atoms with Gasteiger partial charge < -0.3 is 9.47 Å². The van der Waals surface area contributed by atoms with Crippen molar-refractivity contribution in [3.8, 4) is 0 Å². The predicted molar refractivity (Wildman–Crippen MR) is 78.9 cm³/mol. The Bertz CT molecular complexity index is 574. The highest BCUT2D eigenvalue weighted by Crippen LogP contribution is 2.23. The summed E-state index contributed by atoms with van der Waals surface area (Å²) in [7, 11) is 0. The van der Waals surface area contributed by atoms with Crippen LogP contribution < -0.4 is 0 Å². The molecule has 0 aromatic heterocycles. The average molecular weight is 330 g/mol. The number of nitro groups is 1. The molecule has 0 saturated heterocycles. The summed E-state index contributed by atoms with van der Waals surface area (Å²) in [6.45, 7) is 3.59. The minimum atomic E-state index is -1.09. The zero-order valence-electron chi connectivity index (χ0n) is 12.2. The lowest BCUT2D eigenvalue weighted by Crippen LogP contribution is -2.26. The molecular formula is C14H16ClNO6. The van der Waals surface area contributed by atoms with E-state index in [9.17, 15) is 19.7 Å². The quantitative estimate of drug-likeness (QED) is 0.330. The lowest BCUT2D eigenvalue weighted by atomic mass is 10.2. The largest absolute Gasteiger partial charge is 0.463 e. The molecule has 22 heavy (non-hydrogen) atoms. The molecule has 1 aromatic carbocycles. The van der Waals surface area contributed by atoms with E-state index in [2.05, 4.69) is 0 Å². The number of carbonyl (C=O) groups excluding carboxylic acids is 2. The van der Waals surface area contributed by atoms with Crippen molar-refractivity contribution in [2.24, 2.45) is 0 Å². The van der Waals surface area contributed by atoms with Crippen LogP contribution in [0, 0.1) is 10.1 Å². The van der Waals surface area contributed by atoms with E-state index < -0.39 is 23.0 Å². The molecule has 120 valence electrons. The van der Waals surface area contributed by atoms with Crippen LogP contribution in [0.25, 0.3) is 0 Å². The number of rotatable bonds is 7. The highest BCUT2D eigenvalue weighted by atomic mass is 35.5. The van der Waals surface area contributed by atoms with Crippen LogP contribution in [0.5, 0.6) is 0 Å². The van der Waals surface area contributed by atoms with Gasteiger partial charge in [-0.15, -0.1) is 0 Å². The standard InChI is InChI=1S/C14H16ClNO6/c1-3-4-7-21-13(17)9(2)22-14(18)11-6-5-10(16(19)20)8-12(11)15/h5-6,8-9H,3-4,7H2,1-2H3/t9-/m0/s1. The summed E-state index contributed by atoms with van der Waals surface area (Å²) in [5.41, 5.74) is -0.297. The molecule has 0 unspecified atom stereocenters. The Kier molecular flexibility index (Phi) is 6.78. The number of unbranched alkanes of at least 4 members (excludes halogenated alkanes) is 1. The number of carbonyl (C=O) groups is 2. The minimum Gasteiger partial charge on any atom is -0.463 e. The predicted octanol–water partition coefficient (Wildman–Crippen LogP) is 3.14. The maximum Gasteiger partial charge on any atom is 0.347 e. The maximum absolute atomic E-state index is 11.9. The normalized spacial score (nSPS) is 11.6. The molecule has 0 fully saturated rings. The number of hydrogen-bond donors (Lipinski definition) is 0. The van der Waals surface area contributed by atoms with Crippen molar-refractivity contribution in [3.63, 3.8) is 0 Å². The molecule has 0 saturated carbocycles. The molecule has 1 aromatic rings. The first-order chi connectivity index (χ1) is 10.4. The van der Waals surface area contributed by atoms with Gasteiger partial charge in [-0.3, -0.25) is 10.1 Å². The van der Waals surface area contributed by atoms with Crippen LogP contribution in [0.1, 0.15) is 37.0 Å². The van der Waals surface area contributed by atoms with Gasteiger partial charge in [0.2, 0.25) is 0 Å². The Labute approximate surface area is 132 Å². The average Bonchev–Trinajstić information content (AvgIpc) is 2.46. The van der Waals surface area contributed by atoms with E-state index in [1.165, 1.54) is 13.0 Å². The van der Waals surface area contributed by atoms with E-state index in [1.54, 1.807) is 0 Å². The van der Waals surface area contributed by atoms with Gasteiger partial charge in [-0.1, -0.05) is 24.9 Å². The molecule has 0 aliphatic carbocycles. The van der Waals surface area contributed by atoms with Crippen molar-refractivity contribution in [1.82, 2.24) is 0 Å². The highest BCUT2D eigenvalue weighted by Gasteiger charge is 2.22. The van der Waals surface area contributed by atoms with Crippen LogP contribution in [0.4, 0.5) is 5.69 Å². The number of hydrogen-bond acceptors (Lipinski definition) is 6. The molecular weight excluding hydrogens is 314 g/mol. The Morgan fingerprint density at radius 3 is 2.64 bits per heavy atom. The fraction of sp³-hybridized carbons (Fsp3) is 0.429. The van der Waals surface area contributed by atoms with Gasteiger partial charge in [0.25, 0.3) is 5.69 Å². The first kappa shape index (κ1) is 17.9. The summed E-state index contributed by atoms with van der Waals surface area (Å²) >= 11 is 5.81. The third-order valence-electron chi connectivity index (χ3n) is 2.74. The van der Waals surface area contributed by atoms with Gasteiger partial charge in [-0.05, 0) is 19.4 Å². The Balaban J connectivity index is 2.68. The molecule has 0 radical (unpaired) electrons. The lowest BCUT2D eigenvalue weighted by Gasteiger charge is -2.13. The molecule has 8 heteroatoms. The molecule has 0 heterocycles. The number of esters is 2. The van der Waals surface area contributed by atoms with Gasteiger partial charge in [0.15, 0.2) is 6.10 Å². The molecule has 0 aliphatic heterocycles. The van der Waals surface area contributed by atoms with Crippen molar-refractivity contribution in [2.45, 2.75) is 32.8 Å². The molecule has 7 nitrogen and oxygen atoms in total. The second-order valence-electron chi connectivity index (χ2n) is 4.49. The number of halogens is 1. The van der Waals surface area contributed by atoms with E-state index in [0.717, 1.165) is 25.0 Å². The smallest absolute Gasteiger partial charge is 0.347 e. The number of nitrogens with zero attached hydrogens (tertiary/aromatic N) is 1. The van der Waals surface area contributed by atoms with Crippen LogP contribution >= 0.6 is 11.6 Å². The molecule has 0 spiro atoms. The molecule has 0 amide bonds. The van der Waals surface area contributed by atoms with Crippen molar-refractivity contribution >= 4 is 29.2 Å². The summed E-state index contributed by atoms with van der Waals surface area (Å²) in [5.74, 6) is -1.50. The van der Waals surface area contributed by atoms with Crippen LogP contribution in [0.2, 0.25) is 5.02 Å². The van der Waals surface area contributed by atoms with Crippen LogP contribution in [0.3, 0.4) is 0 Å². The molecule has 0 bridgehead atoms. The third kappa shape index (κ3) is 5.00. The second kappa shape index (κ2) is 8.33. The van der Waals surface area contributed by atoms with E-state index in [4.69, 9.17) is 21.1 Å². The topological polar surface area (TPSA) is 95.7 Å². The van der Waals surface area contributed by atoms with E-state index >= 15 is 0 Å². The van der Waals surface area contributed by atoms with E-state index in [0.29, 0.717) is 0 Å². The third-order valence-corrected chi connectivity index (χ3v) is 3.05. The second-order valence-corrected chi connectivity index (χ2v) is 4.90. The molecule has 0 N–H and O–H groups in total. The number of nitro benzene ring substituents is 1. The number of benzene rings is 1. The summed E-state index contributed by atoms with van der Waals surface area (Å²) in [4.78, 5) is 33.5. The van der Waals surface area contributed by atoms with Gasteiger partial charge in [-0.25, -0.2) is 9.59 Å². The lowest BCUT2D eigenvalue weighted by molar-refractivity contribution is -0.384. The highest BCUT2D eigenvalue weighted by molar-refractivity contribution is 6.33. The SMILES string of the molecule is CCCCOC(=O)[C@H](C)OC(=O)c1ccc([N+](=O)[O-])cc1Cl. The molecule has 0 aliphatic rings. The first-order valence-corrected chi connectivity index (χ1v) is 7.06. The van der Waals surface area contributed by atoms with Gasteiger partial charge >= 0.3 is 11.9 Å². The fourth-order valence-corrected chi connectivity index (χ4v) is 1.74. The van der Waals surface area contributed by atoms with Crippen molar-refractivity contribution in [2.75, 3.05) is 6.61 Å². The molecule has 1 rings (SSSR count). The molecule has 1 atom stereocenters. The zero-order valence-corrected chi connectivity index (χ0v) is 13.0. The van der Waals surface area contributed by atoms with Crippen LogP contribution in [0.15, 0.2) is 18.2 Å². The maximum atomic E-state index is 11.9. The Hall–Kier alpha value is -2.15. The van der Waals surface area contributed by atoms with Crippen LogP contribution in [-0.4, -0.2) is 29.6 Å².